The standard InChI is InChI=1S/C12H19N3O3/c1-3-6-13-10(9-18-2)8-11-12(15(16)17)5-4-7-14-11/h4-5,7,10,13H,3,6,8-9H2,1-2H3. The Labute approximate surface area is 107 Å². The van der Waals surface area contributed by atoms with E-state index < -0.39 is 4.92 Å². The monoisotopic (exact) mass is 253 g/mol. The maximum absolute atomic E-state index is 10.9. The van der Waals surface area contributed by atoms with Gasteiger partial charge in [-0.1, -0.05) is 6.92 Å². The molecule has 1 heterocycles. The summed E-state index contributed by atoms with van der Waals surface area (Å²) < 4.78 is 5.11. The van der Waals surface area contributed by atoms with E-state index in [1.54, 1.807) is 19.4 Å². The van der Waals surface area contributed by atoms with E-state index in [-0.39, 0.29) is 11.7 Å². The zero-order chi connectivity index (χ0) is 13.4. The number of pyridine rings is 1. The molecule has 1 atom stereocenters. The average molecular weight is 253 g/mol. The van der Waals surface area contributed by atoms with Gasteiger partial charge < -0.3 is 10.1 Å². The summed E-state index contributed by atoms with van der Waals surface area (Å²) in [5.41, 5.74) is 0.560. The van der Waals surface area contributed by atoms with Crippen molar-refractivity contribution >= 4 is 5.69 Å². The highest BCUT2D eigenvalue weighted by molar-refractivity contribution is 5.34. The summed E-state index contributed by atoms with van der Waals surface area (Å²) in [5, 5.41) is 14.2. The second-order valence-corrected chi connectivity index (χ2v) is 4.04. The molecule has 0 aliphatic rings. The van der Waals surface area contributed by atoms with E-state index in [9.17, 15) is 10.1 Å². The summed E-state index contributed by atoms with van der Waals surface area (Å²) >= 11 is 0. The summed E-state index contributed by atoms with van der Waals surface area (Å²) in [5.74, 6) is 0. The van der Waals surface area contributed by atoms with E-state index in [0.29, 0.717) is 18.7 Å². The van der Waals surface area contributed by atoms with Gasteiger partial charge in [0.15, 0.2) is 0 Å². The van der Waals surface area contributed by atoms with Crippen molar-refractivity contribution in [3.63, 3.8) is 0 Å². The number of hydrogen-bond donors (Lipinski definition) is 1. The molecule has 0 saturated heterocycles. The molecule has 0 bridgehead atoms. The zero-order valence-electron chi connectivity index (χ0n) is 10.8. The summed E-state index contributed by atoms with van der Waals surface area (Å²) in [6.07, 6.45) is 3.07. The number of methoxy groups -OCH3 is 1. The number of hydrogen-bond acceptors (Lipinski definition) is 5. The molecule has 0 amide bonds. The van der Waals surface area contributed by atoms with Crippen molar-refractivity contribution in [1.29, 1.82) is 0 Å². The molecule has 0 aliphatic heterocycles. The maximum atomic E-state index is 10.9. The van der Waals surface area contributed by atoms with E-state index in [1.165, 1.54) is 6.07 Å². The van der Waals surface area contributed by atoms with Gasteiger partial charge in [0, 0.05) is 31.8 Å². The maximum Gasteiger partial charge on any atom is 0.290 e. The second kappa shape index (κ2) is 7.73. The molecule has 0 fully saturated rings. The van der Waals surface area contributed by atoms with Gasteiger partial charge in [-0.05, 0) is 19.0 Å². The Kier molecular flexibility index (Phi) is 6.24. The zero-order valence-corrected chi connectivity index (χ0v) is 10.8. The summed E-state index contributed by atoms with van der Waals surface area (Å²) in [7, 11) is 1.62. The van der Waals surface area contributed by atoms with Gasteiger partial charge in [-0.15, -0.1) is 0 Å². The van der Waals surface area contributed by atoms with Gasteiger partial charge in [0.05, 0.1) is 11.5 Å². The Balaban J connectivity index is 2.76. The first-order valence-corrected chi connectivity index (χ1v) is 5.99. The quantitative estimate of drug-likeness (QED) is 0.561. The Morgan fingerprint density at radius 3 is 3.00 bits per heavy atom. The molecule has 0 aliphatic carbocycles. The van der Waals surface area contributed by atoms with Crippen LogP contribution in [0.3, 0.4) is 0 Å². The predicted octanol–water partition coefficient (Wildman–Crippen LogP) is 1.55. The van der Waals surface area contributed by atoms with Crippen molar-refractivity contribution in [2.45, 2.75) is 25.8 Å². The average Bonchev–Trinajstić information content (AvgIpc) is 2.36. The smallest absolute Gasteiger partial charge is 0.290 e. The number of nitrogens with one attached hydrogen (secondary N) is 1. The molecule has 0 aromatic carbocycles. The topological polar surface area (TPSA) is 77.3 Å². The van der Waals surface area contributed by atoms with Crippen molar-refractivity contribution in [2.24, 2.45) is 0 Å². The summed E-state index contributed by atoms with van der Waals surface area (Å²) in [4.78, 5) is 14.6. The number of nitrogens with zero attached hydrogens (tertiary/aromatic N) is 2. The molecule has 0 saturated carbocycles. The second-order valence-electron chi connectivity index (χ2n) is 4.04. The SMILES string of the molecule is CCCNC(COC)Cc1ncccc1[N+](=O)[O-]. The van der Waals surface area contributed by atoms with Crippen LogP contribution in [0.15, 0.2) is 18.3 Å². The summed E-state index contributed by atoms with van der Waals surface area (Å²) in [6.45, 7) is 3.43. The van der Waals surface area contributed by atoms with E-state index in [1.807, 2.05) is 0 Å². The van der Waals surface area contributed by atoms with Crippen molar-refractivity contribution < 1.29 is 9.66 Å². The van der Waals surface area contributed by atoms with Crippen molar-refractivity contribution in [3.05, 3.63) is 34.1 Å². The minimum Gasteiger partial charge on any atom is -0.383 e. The van der Waals surface area contributed by atoms with E-state index >= 15 is 0 Å². The van der Waals surface area contributed by atoms with Crippen LogP contribution < -0.4 is 5.32 Å². The largest absolute Gasteiger partial charge is 0.383 e. The van der Waals surface area contributed by atoms with Gasteiger partial charge >= 0.3 is 0 Å². The van der Waals surface area contributed by atoms with Gasteiger partial charge in [-0.2, -0.15) is 0 Å². The van der Waals surface area contributed by atoms with Crippen LogP contribution in [0.5, 0.6) is 0 Å². The third-order valence-electron chi connectivity index (χ3n) is 2.55. The van der Waals surface area contributed by atoms with Gasteiger partial charge in [-0.25, -0.2) is 0 Å². The molecule has 0 radical (unpaired) electrons. The van der Waals surface area contributed by atoms with Crippen LogP contribution in [0, 0.1) is 10.1 Å². The van der Waals surface area contributed by atoms with Gasteiger partial charge in [0.2, 0.25) is 0 Å². The third kappa shape index (κ3) is 4.38. The van der Waals surface area contributed by atoms with Crippen LogP contribution in [0.4, 0.5) is 5.69 Å². The fourth-order valence-electron chi connectivity index (χ4n) is 1.73. The molecule has 1 aromatic rings. The van der Waals surface area contributed by atoms with E-state index in [2.05, 4.69) is 17.2 Å². The lowest BCUT2D eigenvalue weighted by Crippen LogP contribution is -2.36. The molecule has 18 heavy (non-hydrogen) atoms. The van der Waals surface area contributed by atoms with Crippen LogP contribution in [0.2, 0.25) is 0 Å². The number of aromatic nitrogens is 1. The molecule has 6 nitrogen and oxygen atoms in total. The minimum absolute atomic E-state index is 0.0450. The first kappa shape index (κ1) is 14.5. The van der Waals surface area contributed by atoms with Crippen molar-refractivity contribution in [3.8, 4) is 0 Å². The Bertz CT molecular complexity index is 385. The van der Waals surface area contributed by atoms with Gasteiger partial charge in [-0.3, -0.25) is 15.1 Å². The van der Waals surface area contributed by atoms with Crippen LogP contribution >= 0.6 is 0 Å². The Morgan fingerprint density at radius 2 is 2.39 bits per heavy atom. The minimum atomic E-state index is -0.397. The number of ether oxygens (including phenoxy) is 1. The lowest BCUT2D eigenvalue weighted by molar-refractivity contribution is -0.386. The van der Waals surface area contributed by atoms with Crippen molar-refractivity contribution in [2.75, 3.05) is 20.3 Å². The Hall–Kier alpha value is -1.53. The Morgan fingerprint density at radius 1 is 1.61 bits per heavy atom. The van der Waals surface area contributed by atoms with Gasteiger partial charge in [0.25, 0.3) is 5.69 Å². The first-order chi connectivity index (χ1) is 8.69. The summed E-state index contributed by atoms with van der Waals surface area (Å²) in [6, 6.07) is 3.10. The van der Waals surface area contributed by atoms with E-state index in [0.717, 1.165) is 13.0 Å². The molecule has 1 rings (SSSR count). The third-order valence-corrected chi connectivity index (χ3v) is 2.55. The molecule has 100 valence electrons. The molecular weight excluding hydrogens is 234 g/mol. The number of rotatable bonds is 8. The highest BCUT2D eigenvalue weighted by Gasteiger charge is 2.18. The lowest BCUT2D eigenvalue weighted by atomic mass is 10.1. The fourth-order valence-corrected chi connectivity index (χ4v) is 1.73. The highest BCUT2D eigenvalue weighted by atomic mass is 16.6. The normalized spacial score (nSPS) is 12.3. The molecule has 0 spiro atoms. The first-order valence-electron chi connectivity index (χ1n) is 5.99. The molecule has 1 unspecified atom stereocenters. The highest BCUT2D eigenvalue weighted by Crippen LogP contribution is 2.16. The predicted molar refractivity (Wildman–Crippen MR) is 68.6 cm³/mol. The molecule has 1 aromatic heterocycles. The van der Waals surface area contributed by atoms with Gasteiger partial charge in [0.1, 0.15) is 5.69 Å². The van der Waals surface area contributed by atoms with Crippen LogP contribution in [-0.4, -0.2) is 36.2 Å². The fraction of sp³-hybridized carbons (Fsp3) is 0.583. The molecule has 1 N–H and O–H groups in total. The van der Waals surface area contributed by atoms with Crippen LogP contribution in [-0.2, 0) is 11.2 Å². The van der Waals surface area contributed by atoms with E-state index in [4.69, 9.17) is 4.74 Å². The molecule has 6 heteroatoms. The van der Waals surface area contributed by atoms with Crippen molar-refractivity contribution in [1.82, 2.24) is 10.3 Å². The van der Waals surface area contributed by atoms with Crippen LogP contribution in [0.25, 0.3) is 0 Å². The van der Waals surface area contributed by atoms with Crippen LogP contribution in [0.1, 0.15) is 19.0 Å². The lowest BCUT2D eigenvalue weighted by Gasteiger charge is -2.16. The number of nitro groups is 1. The molecular formula is C12H19N3O3.